The third-order valence-electron chi connectivity index (χ3n) is 2.59. The van der Waals surface area contributed by atoms with Crippen LogP contribution >= 0.6 is 0 Å². The largest absolute Gasteiger partial charge is 0.380 e. The average molecular weight is 237 g/mol. The molecule has 0 radical (unpaired) electrons. The minimum Gasteiger partial charge on any atom is -0.380 e. The second-order valence-corrected chi connectivity index (χ2v) is 3.87. The molecule has 2 atom stereocenters. The van der Waals surface area contributed by atoms with E-state index in [4.69, 9.17) is 10.5 Å². The van der Waals surface area contributed by atoms with E-state index in [2.05, 4.69) is 10.3 Å². The molecule has 5 nitrogen and oxygen atoms in total. The summed E-state index contributed by atoms with van der Waals surface area (Å²) in [6.07, 6.45) is 3.47. The van der Waals surface area contributed by atoms with Crippen molar-refractivity contribution in [1.29, 1.82) is 0 Å². The molecule has 2 unspecified atom stereocenters. The zero-order valence-electron chi connectivity index (χ0n) is 10.2. The summed E-state index contributed by atoms with van der Waals surface area (Å²) >= 11 is 0. The number of nitrogens with zero attached hydrogens (tertiary/aromatic N) is 1. The fourth-order valence-electron chi connectivity index (χ4n) is 1.51. The number of ether oxygens (including phenoxy) is 1. The van der Waals surface area contributed by atoms with Crippen LogP contribution in [0.1, 0.15) is 24.9 Å². The molecule has 0 bridgehead atoms. The van der Waals surface area contributed by atoms with Gasteiger partial charge in [-0.15, -0.1) is 0 Å². The number of methoxy groups -OCH3 is 1. The van der Waals surface area contributed by atoms with Gasteiger partial charge in [-0.1, -0.05) is 0 Å². The van der Waals surface area contributed by atoms with Crippen molar-refractivity contribution < 1.29 is 9.53 Å². The van der Waals surface area contributed by atoms with E-state index in [1.54, 1.807) is 19.5 Å². The maximum Gasteiger partial charge on any atom is 0.223 e. The first-order valence-corrected chi connectivity index (χ1v) is 5.59. The molecule has 1 aromatic heterocycles. The van der Waals surface area contributed by atoms with Crippen molar-refractivity contribution in [2.24, 2.45) is 5.73 Å². The molecule has 0 saturated heterocycles. The maximum absolute atomic E-state index is 11.7. The predicted octanol–water partition coefficient (Wildman–Crippen LogP) is 0.623. The number of hydrogen-bond donors (Lipinski definition) is 2. The molecule has 0 aliphatic carbocycles. The van der Waals surface area contributed by atoms with Crippen LogP contribution in [0.4, 0.5) is 0 Å². The molecule has 0 aromatic carbocycles. The highest BCUT2D eigenvalue weighted by Gasteiger charge is 2.14. The van der Waals surface area contributed by atoms with Crippen molar-refractivity contribution in [2.45, 2.75) is 25.5 Å². The summed E-state index contributed by atoms with van der Waals surface area (Å²) in [7, 11) is 1.55. The summed E-state index contributed by atoms with van der Waals surface area (Å²) in [6.45, 7) is 2.27. The van der Waals surface area contributed by atoms with E-state index in [0.29, 0.717) is 6.54 Å². The second-order valence-electron chi connectivity index (χ2n) is 3.87. The highest BCUT2D eigenvalue weighted by atomic mass is 16.5. The van der Waals surface area contributed by atoms with Gasteiger partial charge in [0.15, 0.2) is 0 Å². The summed E-state index contributed by atoms with van der Waals surface area (Å²) < 4.78 is 5.06. The Bertz CT molecular complexity index is 339. The van der Waals surface area contributed by atoms with Crippen LogP contribution in [-0.4, -0.2) is 30.6 Å². The van der Waals surface area contributed by atoms with E-state index in [9.17, 15) is 4.79 Å². The van der Waals surface area contributed by atoms with Crippen LogP contribution in [-0.2, 0) is 9.53 Å². The van der Waals surface area contributed by atoms with Gasteiger partial charge in [0, 0.05) is 26.0 Å². The molecule has 5 heteroatoms. The summed E-state index contributed by atoms with van der Waals surface area (Å²) in [5.74, 6) is -0.0633. The van der Waals surface area contributed by atoms with E-state index >= 15 is 0 Å². The number of carbonyl (C=O) groups is 1. The van der Waals surface area contributed by atoms with E-state index in [0.717, 1.165) is 5.56 Å². The minimum atomic E-state index is -0.223. The highest BCUT2D eigenvalue weighted by Crippen LogP contribution is 2.10. The predicted molar refractivity (Wildman–Crippen MR) is 65.3 cm³/mol. The maximum atomic E-state index is 11.7. The summed E-state index contributed by atoms with van der Waals surface area (Å²) in [6, 6.07) is 3.71. The molecule has 1 rings (SSSR count). The number of pyridine rings is 1. The summed E-state index contributed by atoms with van der Waals surface area (Å²) in [5.41, 5.74) is 6.48. The van der Waals surface area contributed by atoms with E-state index in [1.807, 2.05) is 19.1 Å². The van der Waals surface area contributed by atoms with Gasteiger partial charge in [0.1, 0.15) is 0 Å². The minimum absolute atomic E-state index is 0.0409. The lowest BCUT2D eigenvalue weighted by Crippen LogP contribution is -2.33. The van der Waals surface area contributed by atoms with Gasteiger partial charge in [-0.05, 0) is 24.6 Å². The van der Waals surface area contributed by atoms with Gasteiger partial charge in [-0.2, -0.15) is 0 Å². The number of aromatic nitrogens is 1. The number of nitrogens with two attached hydrogens (primary N) is 1. The Hall–Kier alpha value is -1.46. The fourth-order valence-corrected chi connectivity index (χ4v) is 1.51. The third-order valence-corrected chi connectivity index (χ3v) is 2.59. The highest BCUT2D eigenvalue weighted by molar-refractivity contribution is 5.76. The number of nitrogens with one attached hydrogen (secondary N) is 1. The van der Waals surface area contributed by atoms with Gasteiger partial charge in [0.05, 0.1) is 18.6 Å². The van der Waals surface area contributed by atoms with Crippen LogP contribution < -0.4 is 11.1 Å². The van der Waals surface area contributed by atoms with Crippen molar-refractivity contribution >= 4 is 5.91 Å². The number of rotatable bonds is 6. The van der Waals surface area contributed by atoms with Crippen molar-refractivity contribution in [3.63, 3.8) is 0 Å². The van der Waals surface area contributed by atoms with Gasteiger partial charge < -0.3 is 15.8 Å². The Kier molecular flexibility index (Phi) is 5.59. The lowest BCUT2D eigenvalue weighted by atomic mass is 10.1. The molecule has 1 aromatic rings. The van der Waals surface area contributed by atoms with Crippen LogP contribution in [0, 0.1) is 0 Å². The standard InChI is InChI=1S/C12H19N3O2/c1-9(10-3-5-14-6-4-10)15-12(16)7-11(8-13)17-2/h3-6,9,11H,7-8,13H2,1-2H3,(H,15,16). The molecule has 1 amide bonds. The monoisotopic (exact) mass is 237 g/mol. The summed E-state index contributed by atoms with van der Waals surface area (Å²) in [5, 5.41) is 2.89. The van der Waals surface area contributed by atoms with Crippen LogP contribution in [0.15, 0.2) is 24.5 Å². The molecule has 0 spiro atoms. The lowest BCUT2D eigenvalue weighted by molar-refractivity contribution is -0.124. The van der Waals surface area contributed by atoms with Crippen LogP contribution in [0.5, 0.6) is 0 Å². The summed E-state index contributed by atoms with van der Waals surface area (Å²) in [4.78, 5) is 15.6. The normalized spacial score (nSPS) is 14.1. The zero-order valence-corrected chi connectivity index (χ0v) is 10.2. The molecule has 17 heavy (non-hydrogen) atoms. The van der Waals surface area contributed by atoms with Crippen molar-refractivity contribution in [3.05, 3.63) is 30.1 Å². The van der Waals surface area contributed by atoms with Gasteiger partial charge in [-0.3, -0.25) is 9.78 Å². The van der Waals surface area contributed by atoms with Crippen LogP contribution in [0.3, 0.4) is 0 Å². The Balaban J connectivity index is 2.46. The van der Waals surface area contributed by atoms with Crippen LogP contribution in [0.2, 0.25) is 0 Å². The van der Waals surface area contributed by atoms with Crippen molar-refractivity contribution in [3.8, 4) is 0 Å². The zero-order chi connectivity index (χ0) is 12.7. The van der Waals surface area contributed by atoms with Gasteiger partial charge >= 0.3 is 0 Å². The lowest BCUT2D eigenvalue weighted by Gasteiger charge is -2.17. The number of hydrogen-bond acceptors (Lipinski definition) is 4. The van der Waals surface area contributed by atoms with Crippen molar-refractivity contribution in [1.82, 2.24) is 10.3 Å². The molecule has 0 aliphatic heterocycles. The Labute approximate surface area is 101 Å². The Morgan fingerprint density at radius 1 is 1.53 bits per heavy atom. The molecule has 0 saturated carbocycles. The van der Waals surface area contributed by atoms with E-state index < -0.39 is 0 Å². The van der Waals surface area contributed by atoms with Gasteiger partial charge in [0.2, 0.25) is 5.91 Å². The first-order valence-electron chi connectivity index (χ1n) is 5.59. The topological polar surface area (TPSA) is 77.2 Å². The number of amides is 1. The SMILES string of the molecule is COC(CN)CC(=O)NC(C)c1ccncc1. The van der Waals surface area contributed by atoms with Crippen molar-refractivity contribution in [2.75, 3.05) is 13.7 Å². The van der Waals surface area contributed by atoms with E-state index in [1.165, 1.54) is 0 Å². The van der Waals surface area contributed by atoms with Crippen LogP contribution in [0.25, 0.3) is 0 Å². The number of carbonyl (C=O) groups excluding carboxylic acids is 1. The molecular formula is C12H19N3O2. The smallest absolute Gasteiger partial charge is 0.223 e. The van der Waals surface area contributed by atoms with E-state index in [-0.39, 0.29) is 24.5 Å². The first kappa shape index (κ1) is 13.6. The molecule has 0 fully saturated rings. The molecule has 0 aliphatic rings. The third kappa shape index (κ3) is 4.50. The molecule has 94 valence electrons. The second kappa shape index (κ2) is 6.98. The average Bonchev–Trinajstić information content (AvgIpc) is 2.37. The fraction of sp³-hybridized carbons (Fsp3) is 0.500. The molecule has 3 N–H and O–H groups in total. The molecular weight excluding hydrogens is 218 g/mol. The van der Waals surface area contributed by atoms with Gasteiger partial charge in [0.25, 0.3) is 0 Å². The quantitative estimate of drug-likeness (QED) is 0.760. The first-order chi connectivity index (χ1) is 8.17. The Morgan fingerprint density at radius 3 is 2.71 bits per heavy atom. The van der Waals surface area contributed by atoms with Gasteiger partial charge in [-0.25, -0.2) is 0 Å². The Morgan fingerprint density at radius 2 is 2.18 bits per heavy atom. The molecule has 1 heterocycles.